The van der Waals surface area contributed by atoms with Gasteiger partial charge in [-0.2, -0.15) is 5.26 Å². The third kappa shape index (κ3) is 4.62. The van der Waals surface area contributed by atoms with Crippen molar-refractivity contribution in [3.63, 3.8) is 0 Å². The highest BCUT2D eigenvalue weighted by molar-refractivity contribution is 6.34. The summed E-state index contributed by atoms with van der Waals surface area (Å²) in [5, 5.41) is 20.4. The number of nitrogens with zero attached hydrogens (tertiary/aromatic N) is 2. The molecular formula is C15H12Cl2N2O3. The summed E-state index contributed by atoms with van der Waals surface area (Å²) in [6.07, 6.45) is 0. The normalized spacial score (nSPS) is 9.23. The van der Waals surface area contributed by atoms with Crippen molar-refractivity contribution in [2.45, 2.75) is 13.8 Å². The fraction of sp³-hybridized carbons (Fsp3) is 0.133. The molecule has 114 valence electrons. The van der Waals surface area contributed by atoms with Gasteiger partial charge in [-0.3, -0.25) is 10.1 Å². The van der Waals surface area contributed by atoms with Crippen molar-refractivity contribution in [3.8, 4) is 17.6 Å². The zero-order valence-electron chi connectivity index (χ0n) is 11.8. The summed E-state index contributed by atoms with van der Waals surface area (Å²) < 4.78 is 5.41. The molecule has 0 aliphatic rings. The van der Waals surface area contributed by atoms with Gasteiger partial charge in [0, 0.05) is 16.1 Å². The van der Waals surface area contributed by atoms with E-state index in [-0.39, 0.29) is 22.7 Å². The molecule has 0 aliphatic carbocycles. The van der Waals surface area contributed by atoms with E-state index < -0.39 is 4.92 Å². The van der Waals surface area contributed by atoms with Gasteiger partial charge in [0.15, 0.2) is 0 Å². The summed E-state index contributed by atoms with van der Waals surface area (Å²) in [7, 11) is 0. The Morgan fingerprint density at radius 1 is 1.14 bits per heavy atom. The van der Waals surface area contributed by atoms with Crippen molar-refractivity contribution in [2.24, 2.45) is 0 Å². The van der Waals surface area contributed by atoms with Crippen LogP contribution in [0.15, 0.2) is 36.4 Å². The summed E-state index contributed by atoms with van der Waals surface area (Å²) in [6.45, 7) is 4.00. The summed E-state index contributed by atoms with van der Waals surface area (Å²) in [5.74, 6) is 0.280. The van der Waals surface area contributed by atoms with Crippen molar-refractivity contribution in [1.29, 1.82) is 5.26 Å². The van der Waals surface area contributed by atoms with Crippen LogP contribution in [0, 0.1) is 21.4 Å². The first-order valence-corrected chi connectivity index (χ1v) is 7.07. The maximum atomic E-state index is 11.0. The molecule has 0 aromatic heterocycles. The topological polar surface area (TPSA) is 76.2 Å². The number of nitro groups is 1. The molecule has 0 unspecified atom stereocenters. The molecule has 0 radical (unpaired) electrons. The number of hydrogen-bond donors (Lipinski definition) is 0. The summed E-state index contributed by atoms with van der Waals surface area (Å²) in [4.78, 5) is 10.4. The van der Waals surface area contributed by atoms with Crippen LogP contribution in [0.5, 0.6) is 11.5 Å². The van der Waals surface area contributed by atoms with Gasteiger partial charge in [-0.25, -0.2) is 0 Å². The number of ether oxygens (including phenoxy) is 1. The molecule has 0 spiro atoms. The van der Waals surface area contributed by atoms with Gasteiger partial charge in [-0.05, 0) is 30.3 Å². The van der Waals surface area contributed by atoms with Gasteiger partial charge in [0.1, 0.15) is 5.75 Å². The largest absolute Gasteiger partial charge is 0.450 e. The zero-order valence-corrected chi connectivity index (χ0v) is 13.4. The molecule has 0 fully saturated rings. The molecular weight excluding hydrogens is 327 g/mol. The van der Waals surface area contributed by atoms with E-state index in [0.29, 0.717) is 10.0 Å². The Labute approximate surface area is 137 Å². The van der Waals surface area contributed by atoms with Gasteiger partial charge in [-0.1, -0.05) is 37.0 Å². The number of hydrogen-bond acceptors (Lipinski definition) is 4. The second kappa shape index (κ2) is 8.23. The third-order valence-corrected chi connectivity index (χ3v) is 2.79. The fourth-order valence-electron chi connectivity index (χ4n) is 1.53. The minimum atomic E-state index is -0.623. The third-order valence-electron chi connectivity index (χ3n) is 2.35. The first-order chi connectivity index (χ1) is 10.5. The number of nitro benzene ring substituents is 1. The second-order valence-electron chi connectivity index (χ2n) is 3.76. The van der Waals surface area contributed by atoms with E-state index in [1.165, 1.54) is 30.3 Å². The van der Waals surface area contributed by atoms with Crippen molar-refractivity contribution < 1.29 is 9.66 Å². The van der Waals surface area contributed by atoms with Crippen LogP contribution in [0.3, 0.4) is 0 Å². The van der Waals surface area contributed by atoms with E-state index in [1.807, 2.05) is 19.9 Å². The van der Waals surface area contributed by atoms with Crippen LogP contribution in [0.25, 0.3) is 0 Å². The first kappa shape index (κ1) is 17.8. The lowest BCUT2D eigenvalue weighted by molar-refractivity contribution is -0.385. The Morgan fingerprint density at radius 3 is 2.23 bits per heavy atom. The lowest BCUT2D eigenvalue weighted by Gasteiger charge is -2.07. The van der Waals surface area contributed by atoms with Gasteiger partial charge in [-0.15, -0.1) is 0 Å². The molecule has 0 amide bonds. The van der Waals surface area contributed by atoms with Crippen molar-refractivity contribution >= 4 is 28.9 Å². The molecule has 0 saturated heterocycles. The maximum Gasteiger partial charge on any atom is 0.312 e. The number of benzene rings is 2. The van der Waals surface area contributed by atoms with Gasteiger partial charge < -0.3 is 4.74 Å². The molecule has 0 atom stereocenters. The van der Waals surface area contributed by atoms with E-state index in [2.05, 4.69) is 0 Å². The van der Waals surface area contributed by atoms with Crippen LogP contribution in [0.2, 0.25) is 10.0 Å². The molecule has 2 rings (SSSR count). The van der Waals surface area contributed by atoms with Crippen LogP contribution < -0.4 is 4.74 Å². The van der Waals surface area contributed by atoms with Gasteiger partial charge in [0.05, 0.1) is 16.6 Å². The average molecular weight is 339 g/mol. The SMILES string of the molecule is CC.N#Cc1ccc(Oc2cc(Cl)cc(Cl)c2)c([N+](=O)[O-])c1. The maximum absolute atomic E-state index is 11.0. The summed E-state index contributed by atoms with van der Waals surface area (Å²) >= 11 is 11.6. The van der Waals surface area contributed by atoms with Gasteiger partial charge in [0.25, 0.3) is 0 Å². The van der Waals surface area contributed by atoms with E-state index >= 15 is 0 Å². The Bertz CT molecular complexity index is 707. The van der Waals surface area contributed by atoms with E-state index in [0.717, 1.165) is 6.07 Å². The molecule has 0 aliphatic heterocycles. The smallest absolute Gasteiger partial charge is 0.312 e. The predicted octanol–water partition coefficient (Wildman–Crippen LogP) is 5.59. The van der Waals surface area contributed by atoms with E-state index in [1.54, 1.807) is 0 Å². The van der Waals surface area contributed by atoms with Crippen molar-refractivity contribution in [2.75, 3.05) is 0 Å². The standard InChI is InChI=1S/C13H6Cl2N2O3.C2H6/c14-9-4-10(15)6-11(5-9)20-13-2-1-8(7-16)3-12(13)17(18)19;1-2/h1-6H;1-2H3. The molecule has 22 heavy (non-hydrogen) atoms. The lowest BCUT2D eigenvalue weighted by atomic mass is 10.2. The Balaban J connectivity index is 0.00000116. The van der Waals surface area contributed by atoms with Crippen LogP contribution in [-0.4, -0.2) is 4.92 Å². The van der Waals surface area contributed by atoms with E-state index in [9.17, 15) is 10.1 Å². The first-order valence-electron chi connectivity index (χ1n) is 6.32. The van der Waals surface area contributed by atoms with Gasteiger partial charge >= 0.3 is 5.69 Å². The molecule has 2 aromatic rings. The Morgan fingerprint density at radius 2 is 1.73 bits per heavy atom. The van der Waals surface area contributed by atoms with Crippen LogP contribution in [0.4, 0.5) is 5.69 Å². The minimum Gasteiger partial charge on any atom is -0.450 e. The summed E-state index contributed by atoms with van der Waals surface area (Å²) in [6, 6.07) is 10.2. The molecule has 0 N–H and O–H groups in total. The lowest BCUT2D eigenvalue weighted by Crippen LogP contribution is -1.94. The zero-order chi connectivity index (χ0) is 16.7. The average Bonchev–Trinajstić information content (AvgIpc) is 2.48. The number of nitriles is 1. The highest BCUT2D eigenvalue weighted by Gasteiger charge is 2.17. The molecule has 7 heteroatoms. The van der Waals surface area contributed by atoms with Crippen molar-refractivity contribution in [1.82, 2.24) is 0 Å². The molecule has 5 nitrogen and oxygen atoms in total. The molecule has 0 heterocycles. The Hall–Kier alpha value is -2.29. The minimum absolute atomic E-state index is 0.00679. The molecule has 2 aromatic carbocycles. The molecule has 0 bridgehead atoms. The van der Waals surface area contributed by atoms with E-state index in [4.69, 9.17) is 33.2 Å². The summed E-state index contributed by atoms with van der Waals surface area (Å²) in [5.41, 5.74) is -0.131. The highest BCUT2D eigenvalue weighted by Crippen LogP contribution is 2.34. The van der Waals surface area contributed by atoms with Crippen LogP contribution >= 0.6 is 23.2 Å². The number of rotatable bonds is 3. The fourth-order valence-corrected chi connectivity index (χ4v) is 2.04. The van der Waals surface area contributed by atoms with Crippen molar-refractivity contribution in [3.05, 3.63) is 62.1 Å². The van der Waals surface area contributed by atoms with Crippen LogP contribution in [-0.2, 0) is 0 Å². The number of halogens is 2. The van der Waals surface area contributed by atoms with Crippen LogP contribution in [0.1, 0.15) is 19.4 Å². The van der Waals surface area contributed by atoms with Gasteiger partial charge in [0.2, 0.25) is 5.75 Å². The monoisotopic (exact) mass is 338 g/mol. The quantitative estimate of drug-likeness (QED) is 0.539. The Kier molecular flexibility index (Phi) is 6.64. The molecule has 0 saturated carbocycles. The second-order valence-corrected chi connectivity index (χ2v) is 4.63. The predicted molar refractivity (Wildman–Crippen MR) is 85.7 cm³/mol. The highest BCUT2D eigenvalue weighted by atomic mass is 35.5.